The molecule has 1 aromatic heterocycles. The predicted molar refractivity (Wildman–Crippen MR) is 137 cm³/mol. The van der Waals surface area contributed by atoms with Crippen LogP contribution in [-0.4, -0.2) is 52.7 Å². The summed E-state index contributed by atoms with van der Waals surface area (Å²) >= 11 is 0. The molecule has 0 atom stereocenters. The average Bonchev–Trinajstić information content (AvgIpc) is 3.37. The van der Waals surface area contributed by atoms with E-state index >= 15 is 0 Å². The molecule has 7 heteroatoms. The third kappa shape index (κ3) is 4.44. The maximum atomic E-state index is 10.0. The van der Waals surface area contributed by atoms with Gasteiger partial charge in [0.1, 0.15) is 11.6 Å². The number of fused-ring (bicyclic) bond motifs is 1. The van der Waals surface area contributed by atoms with Crippen molar-refractivity contribution >= 4 is 28.6 Å². The summed E-state index contributed by atoms with van der Waals surface area (Å²) in [7, 11) is 0. The van der Waals surface area contributed by atoms with Gasteiger partial charge in [-0.15, -0.1) is 0 Å². The lowest BCUT2D eigenvalue weighted by Crippen LogP contribution is -2.44. The highest BCUT2D eigenvalue weighted by Crippen LogP contribution is 2.40. The Morgan fingerprint density at radius 1 is 1.24 bits per heavy atom. The predicted octanol–water partition coefficient (Wildman–Crippen LogP) is 4.74. The molecule has 0 radical (unpaired) electrons. The summed E-state index contributed by atoms with van der Waals surface area (Å²) in [6.07, 6.45) is 8.04. The second-order valence-corrected chi connectivity index (χ2v) is 9.19. The van der Waals surface area contributed by atoms with Gasteiger partial charge in [0.25, 0.3) is 0 Å². The summed E-state index contributed by atoms with van der Waals surface area (Å²) in [5, 5.41) is 29.6. The Morgan fingerprint density at radius 3 is 2.65 bits per heavy atom. The summed E-state index contributed by atoms with van der Waals surface area (Å²) in [5.41, 5.74) is 6.65. The number of aromatic amines is 1. The fraction of sp³-hybridized carbons (Fsp3) is 0.444. The number of rotatable bonds is 8. The Bertz CT molecular complexity index is 1210. The van der Waals surface area contributed by atoms with E-state index in [0.717, 1.165) is 52.8 Å². The van der Waals surface area contributed by atoms with Crippen LogP contribution in [0.25, 0.3) is 22.2 Å². The molecule has 0 aliphatic carbocycles. The number of H-pyrrole nitrogens is 1. The number of unbranched alkanes of at least 4 members (excludes halogenated alkanes) is 1. The minimum Gasteiger partial charge on any atom is -0.396 e. The molecule has 3 aromatic rings. The van der Waals surface area contributed by atoms with E-state index in [0.29, 0.717) is 31.5 Å². The molecule has 1 fully saturated rings. The molecular weight excluding hydrogens is 426 g/mol. The van der Waals surface area contributed by atoms with Gasteiger partial charge in [0.2, 0.25) is 0 Å². The molecule has 1 aliphatic rings. The number of aliphatic imine (C=N–C) groups is 1. The Balaban J connectivity index is 1.80. The van der Waals surface area contributed by atoms with Gasteiger partial charge in [-0.1, -0.05) is 25.5 Å². The molecule has 0 unspecified atom stereocenters. The van der Waals surface area contributed by atoms with Gasteiger partial charge < -0.3 is 20.1 Å². The van der Waals surface area contributed by atoms with Gasteiger partial charge in [0.15, 0.2) is 0 Å². The number of hydrogen-bond donors (Lipinski definition) is 3. The van der Waals surface area contributed by atoms with Gasteiger partial charge in [-0.2, -0.15) is 5.26 Å². The molecular formula is C27H33N5O2. The number of nitriles is 1. The van der Waals surface area contributed by atoms with E-state index in [1.165, 1.54) is 5.56 Å². The van der Waals surface area contributed by atoms with Gasteiger partial charge >= 0.3 is 0 Å². The topological polar surface area (TPSA) is 109 Å². The lowest BCUT2D eigenvalue weighted by atomic mass is 9.79. The van der Waals surface area contributed by atoms with E-state index in [1.807, 2.05) is 13.1 Å². The lowest BCUT2D eigenvalue weighted by Gasteiger charge is -2.41. The zero-order valence-electron chi connectivity index (χ0n) is 20.0. The normalized spacial score (nSPS) is 15.8. The quantitative estimate of drug-likeness (QED) is 0.422. The first-order valence-electron chi connectivity index (χ1n) is 12.1. The first-order valence-corrected chi connectivity index (χ1v) is 12.1. The van der Waals surface area contributed by atoms with Crippen LogP contribution in [0.3, 0.4) is 0 Å². The smallest absolute Gasteiger partial charge is 0.104 e. The molecule has 2 aromatic carbocycles. The Morgan fingerprint density at radius 2 is 2.00 bits per heavy atom. The lowest BCUT2D eigenvalue weighted by molar-refractivity contribution is 0.0341. The van der Waals surface area contributed by atoms with E-state index in [9.17, 15) is 15.5 Å². The molecule has 0 spiro atoms. The van der Waals surface area contributed by atoms with Crippen LogP contribution in [0.1, 0.15) is 50.7 Å². The molecule has 1 saturated heterocycles. The summed E-state index contributed by atoms with van der Waals surface area (Å²) in [6.45, 7) is 5.38. The van der Waals surface area contributed by atoms with Crippen molar-refractivity contribution in [2.45, 2.75) is 46.0 Å². The Kier molecular flexibility index (Phi) is 7.30. The summed E-state index contributed by atoms with van der Waals surface area (Å²) < 4.78 is 0. The van der Waals surface area contributed by atoms with Crippen molar-refractivity contribution in [3.05, 3.63) is 41.7 Å². The maximum absolute atomic E-state index is 10.0. The molecule has 3 N–H and O–H groups in total. The molecule has 34 heavy (non-hydrogen) atoms. The summed E-state index contributed by atoms with van der Waals surface area (Å²) in [4.78, 5) is 14.6. The monoisotopic (exact) mass is 459 g/mol. The molecule has 7 nitrogen and oxygen atoms in total. The van der Waals surface area contributed by atoms with Crippen LogP contribution in [0, 0.1) is 16.7 Å². The van der Waals surface area contributed by atoms with E-state index in [-0.39, 0.29) is 13.2 Å². The Labute approximate surface area is 200 Å². The van der Waals surface area contributed by atoms with Crippen molar-refractivity contribution in [1.29, 1.82) is 5.26 Å². The second-order valence-electron chi connectivity index (χ2n) is 9.19. The molecule has 1 aliphatic heterocycles. The fourth-order valence-corrected chi connectivity index (χ4v) is 4.83. The molecule has 178 valence electrons. The first kappa shape index (κ1) is 23.9. The van der Waals surface area contributed by atoms with Crippen LogP contribution < -0.4 is 4.90 Å². The van der Waals surface area contributed by atoms with Gasteiger partial charge in [-0.3, -0.25) is 4.99 Å². The second kappa shape index (κ2) is 10.4. The van der Waals surface area contributed by atoms with Crippen molar-refractivity contribution in [1.82, 2.24) is 9.97 Å². The van der Waals surface area contributed by atoms with Crippen molar-refractivity contribution in [2.24, 2.45) is 10.4 Å². The third-order valence-electron chi connectivity index (χ3n) is 7.09. The van der Waals surface area contributed by atoms with Crippen LogP contribution in [-0.2, 0) is 6.42 Å². The molecule has 2 heterocycles. The standard InChI is InChI=1S/C27H33N5O2/c1-3-5-6-19-7-8-20(13-23(19)29-4-2)21-14-24(22(15-28)26-25(21)30-18-31-26)32-11-9-27(16-33,17-34)10-12-32/h4,7-8,13-14,18,33-34H,3,5-6,9-12,16-17H2,1-2H3,(H,30,31). The van der Waals surface area contributed by atoms with Crippen molar-refractivity contribution in [3.63, 3.8) is 0 Å². The number of nitrogens with one attached hydrogen (secondary N) is 1. The number of piperidine rings is 1. The van der Waals surface area contributed by atoms with Crippen molar-refractivity contribution in [2.75, 3.05) is 31.2 Å². The van der Waals surface area contributed by atoms with Crippen LogP contribution in [0.2, 0.25) is 0 Å². The number of benzene rings is 2. The minimum atomic E-state index is -0.453. The van der Waals surface area contributed by atoms with Crippen LogP contribution in [0.4, 0.5) is 11.4 Å². The fourth-order valence-electron chi connectivity index (χ4n) is 4.83. The Hall–Kier alpha value is -3.21. The molecule has 4 rings (SSSR count). The average molecular weight is 460 g/mol. The summed E-state index contributed by atoms with van der Waals surface area (Å²) in [5.74, 6) is 0. The van der Waals surface area contributed by atoms with Crippen molar-refractivity contribution < 1.29 is 10.2 Å². The number of anilines is 1. The molecule has 0 amide bonds. The third-order valence-corrected chi connectivity index (χ3v) is 7.09. The number of aliphatic hydroxyl groups is 2. The first-order chi connectivity index (χ1) is 16.6. The minimum absolute atomic E-state index is 0.0294. The van der Waals surface area contributed by atoms with E-state index in [1.54, 1.807) is 6.33 Å². The van der Waals surface area contributed by atoms with Crippen molar-refractivity contribution in [3.8, 4) is 17.2 Å². The molecule has 0 bridgehead atoms. The largest absolute Gasteiger partial charge is 0.396 e. The number of aryl methyl sites for hydroxylation is 1. The summed E-state index contributed by atoms with van der Waals surface area (Å²) in [6, 6.07) is 10.8. The molecule has 0 saturated carbocycles. The number of hydrogen-bond acceptors (Lipinski definition) is 6. The number of aliphatic hydroxyl groups excluding tert-OH is 2. The SMILES string of the molecule is CC=Nc1cc(-c2cc(N3CCC(CO)(CO)CC3)c(C#N)c3[nH]cnc23)ccc1CCCC. The zero-order valence-corrected chi connectivity index (χ0v) is 20.0. The van der Waals surface area contributed by atoms with Gasteiger partial charge in [0, 0.05) is 30.3 Å². The highest BCUT2D eigenvalue weighted by molar-refractivity contribution is 5.99. The van der Waals surface area contributed by atoms with Gasteiger partial charge in [0.05, 0.1) is 41.9 Å². The highest BCUT2D eigenvalue weighted by Gasteiger charge is 2.34. The number of imidazole rings is 1. The number of aromatic nitrogens is 2. The van der Waals surface area contributed by atoms with Gasteiger partial charge in [-0.05, 0) is 55.9 Å². The van der Waals surface area contributed by atoms with E-state index < -0.39 is 5.41 Å². The maximum Gasteiger partial charge on any atom is 0.104 e. The van der Waals surface area contributed by atoms with Crippen LogP contribution >= 0.6 is 0 Å². The number of nitrogens with zero attached hydrogens (tertiary/aromatic N) is 4. The van der Waals surface area contributed by atoms with E-state index in [4.69, 9.17) is 0 Å². The van der Waals surface area contributed by atoms with E-state index in [2.05, 4.69) is 57.1 Å². The van der Waals surface area contributed by atoms with Crippen LogP contribution in [0.15, 0.2) is 35.6 Å². The van der Waals surface area contributed by atoms with Gasteiger partial charge in [-0.25, -0.2) is 4.98 Å². The highest BCUT2D eigenvalue weighted by atomic mass is 16.3. The van der Waals surface area contributed by atoms with Crippen LogP contribution in [0.5, 0.6) is 0 Å². The zero-order chi connectivity index (χ0) is 24.1.